The van der Waals surface area contributed by atoms with Gasteiger partial charge >= 0.3 is 0 Å². The van der Waals surface area contributed by atoms with E-state index in [4.69, 9.17) is 4.74 Å². The third-order valence-corrected chi connectivity index (χ3v) is 4.83. The van der Waals surface area contributed by atoms with Crippen LogP contribution in [0.3, 0.4) is 0 Å². The van der Waals surface area contributed by atoms with E-state index in [9.17, 15) is 4.79 Å². The molecular weight excluding hydrogens is 340 g/mol. The Bertz CT molecular complexity index is 1010. The Morgan fingerprint density at radius 3 is 2.96 bits per heavy atom. The van der Waals surface area contributed by atoms with Crippen molar-refractivity contribution in [3.63, 3.8) is 0 Å². The monoisotopic (exact) mass is 360 g/mol. The van der Waals surface area contributed by atoms with E-state index in [1.807, 2.05) is 43.3 Å². The van der Waals surface area contributed by atoms with Gasteiger partial charge in [-0.2, -0.15) is 5.10 Å². The number of hydrogen-bond acceptors (Lipinski definition) is 5. The third kappa shape index (κ3) is 3.65. The van der Waals surface area contributed by atoms with Gasteiger partial charge in [-0.1, -0.05) is 12.1 Å². The van der Waals surface area contributed by atoms with Crippen LogP contribution in [-0.4, -0.2) is 29.2 Å². The summed E-state index contributed by atoms with van der Waals surface area (Å²) in [6.07, 6.45) is 6.04. The molecule has 0 spiro atoms. The van der Waals surface area contributed by atoms with E-state index in [2.05, 4.69) is 20.5 Å². The summed E-state index contributed by atoms with van der Waals surface area (Å²) in [7, 11) is 1.58. The number of aryl methyl sites for hydroxylation is 1. The summed E-state index contributed by atoms with van der Waals surface area (Å²) in [5.41, 5.74) is 6.69. The molecule has 1 fully saturated rings. The number of amides is 1. The van der Waals surface area contributed by atoms with E-state index in [0.717, 1.165) is 34.0 Å². The van der Waals surface area contributed by atoms with Crippen molar-refractivity contribution < 1.29 is 9.53 Å². The van der Waals surface area contributed by atoms with Gasteiger partial charge in [0.05, 0.1) is 18.8 Å². The minimum atomic E-state index is -0.0637. The van der Waals surface area contributed by atoms with Crippen LogP contribution in [0.4, 0.5) is 0 Å². The van der Waals surface area contributed by atoms with Gasteiger partial charge in [0.15, 0.2) is 0 Å². The molecule has 1 aromatic carbocycles. The van der Waals surface area contributed by atoms with Crippen molar-refractivity contribution >= 4 is 23.0 Å². The van der Waals surface area contributed by atoms with Gasteiger partial charge in [0.2, 0.25) is 11.8 Å². The minimum Gasteiger partial charge on any atom is -0.481 e. The lowest BCUT2D eigenvalue weighted by atomic mass is 10.1. The molecule has 0 bridgehead atoms. The van der Waals surface area contributed by atoms with Gasteiger partial charge < -0.3 is 4.74 Å². The Hall–Kier alpha value is -3.28. The number of nitrogens with zero attached hydrogens (tertiary/aromatic N) is 3. The molecule has 6 nitrogen and oxygen atoms in total. The number of ether oxygens (including phenoxy) is 1. The summed E-state index contributed by atoms with van der Waals surface area (Å²) in [6.45, 7) is 2.02. The number of carbonyl (C=O) groups excluding carboxylic acids is 1. The first kappa shape index (κ1) is 17.1. The van der Waals surface area contributed by atoms with Gasteiger partial charge in [0.25, 0.3) is 0 Å². The zero-order chi connectivity index (χ0) is 18.8. The smallest absolute Gasteiger partial charge is 0.243 e. The van der Waals surface area contributed by atoms with E-state index in [1.54, 1.807) is 25.7 Å². The summed E-state index contributed by atoms with van der Waals surface area (Å²) in [5, 5.41) is 5.18. The molecule has 27 heavy (non-hydrogen) atoms. The Morgan fingerprint density at radius 1 is 1.30 bits per heavy atom. The molecule has 1 aliphatic carbocycles. The number of fused-ring (bicyclic) bond motifs is 1. The van der Waals surface area contributed by atoms with Crippen LogP contribution >= 0.6 is 0 Å². The van der Waals surface area contributed by atoms with E-state index in [-0.39, 0.29) is 17.7 Å². The topological polar surface area (TPSA) is 76.5 Å². The molecule has 0 radical (unpaired) electrons. The molecule has 0 unspecified atom stereocenters. The van der Waals surface area contributed by atoms with Crippen LogP contribution in [0.15, 0.2) is 53.9 Å². The largest absolute Gasteiger partial charge is 0.481 e. The Morgan fingerprint density at radius 2 is 2.19 bits per heavy atom. The average molecular weight is 360 g/mol. The predicted octanol–water partition coefficient (Wildman–Crippen LogP) is 3.20. The molecule has 1 saturated carbocycles. The predicted molar refractivity (Wildman–Crippen MR) is 104 cm³/mol. The number of methoxy groups -OCH3 is 1. The van der Waals surface area contributed by atoms with Gasteiger partial charge in [0, 0.05) is 29.8 Å². The maximum atomic E-state index is 12.3. The second-order valence-corrected chi connectivity index (χ2v) is 6.73. The Balaban J connectivity index is 1.38. The second kappa shape index (κ2) is 7.15. The molecule has 1 N–H and O–H groups in total. The van der Waals surface area contributed by atoms with Crippen molar-refractivity contribution in [2.45, 2.75) is 19.3 Å². The normalized spacial score (nSPS) is 18.6. The van der Waals surface area contributed by atoms with Gasteiger partial charge in [0.1, 0.15) is 0 Å². The Kier molecular flexibility index (Phi) is 4.54. The second-order valence-electron chi connectivity index (χ2n) is 6.73. The van der Waals surface area contributed by atoms with Crippen LogP contribution in [0.5, 0.6) is 5.88 Å². The minimum absolute atomic E-state index is 0.0557. The molecule has 2 heterocycles. The van der Waals surface area contributed by atoms with Crippen molar-refractivity contribution in [3.8, 4) is 5.88 Å². The molecule has 0 aliphatic heterocycles. The van der Waals surface area contributed by atoms with E-state index in [0.29, 0.717) is 5.88 Å². The van der Waals surface area contributed by atoms with Crippen molar-refractivity contribution in [1.82, 2.24) is 15.4 Å². The summed E-state index contributed by atoms with van der Waals surface area (Å²) >= 11 is 0. The molecule has 2 atom stereocenters. The highest BCUT2D eigenvalue weighted by Gasteiger charge is 2.44. The highest BCUT2D eigenvalue weighted by Crippen LogP contribution is 2.47. The lowest BCUT2D eigenvalue weighted by molar-refractivity contribution is -0.122. The average Bonchev–Trinajstić information content (AvgIpc) is 3.49. The number of aromatic nitrogens is 2. The van der Waals surface area contributed by atoms with Crippen LogP contribution in [0, 0.1) is 12.8 Å². The van der Waals surface area contributed by atoms with Crippen molar-refractivity contribution in [1.29, 1.82) is 0 Å². The van der Waals surface area contributed by atoms with Crippen LogP contribution in [-0.2, 0) is 4.79 Å². The Labute approximate surface area is 157 Å². The molecule has 1 amide bonds. The van der Waals surface area contributed by atoms with Crippen molar-refractivity contribution in [3.05, 3.63) is 65.5 Å². The quantitative estimate of drug-likeness (QED) is 0.560. The summed E-state index contributed by atoms with van der Waals surface area (Å²) in [6, 6.07) is 11.7. The maximum Gasteiger partial charge on any atom is 0.243 e. The maximum absolute atomic E-state index is 12.3. The van der Waals surface area contributed by atoms with E-state index in [1.165, 1.54) is 0 Å². The molecule has 1 aliphatic rings. The van der Waals surface area contributed by atoms with Crippen LogP contribution in [0.2, 0.25) is 0 Å². The molecular formula is C21H20N4O2. The SMILES string of the molecule is COc1ccc([C@@H]2C[C@H]2C(=O)N/N=C/c2cc(C)c3ncccc3c2)cn1. The number of hydrogen-bond donors (Lipinski definition) is 1. The van der Waals surface area contributed by atoms with Crippen LogP contribution in [0.1, 0.15) is 29.0 Å². The zero-order valence-electron chi connectivity index (χ0n) is 15.2. The first-order valence-electron chi connectivity index (χ1n) is 8.84. The van der Waals surface area contributed by atoms with Gasteiger partial charge in [-0.3, -0.25) is 9.78 Å². The summed E-state index contributed by atoms with van der Waals surface area (Å²) in [4.78, 5) is 20.9. The fourth-order valence-corrected chi connectivity index (χ4v) is 3.32. The molecule has 136 valence electrons. The van der Waals surface area contributed by atoms with Gasteiger partial charge in [-0.05, 0) is 54.2 Å². The highest BCUT2D eigenvalue weighted by molar-refractivity contribution is 5.91. The first-order valence-corrected chi connectivity index (χ1v) is 8.84. The van der Waals surface area contributed by atoms with Crippen LogP contribution < -0.4 is 10.2 Å². The van der Waals surface area contributed by atoms with Crippen molar-refractivity contribution in [2.24, 2.45) is 11.0 Å². The zero-order valence-corrected chi connectivity index (χ0v) is 15.2. The first-order chi connectivity index (χ1) is 13.2. The lowest BCUT2D eigenvalue weighted by Gasteiger charge is -2.03. The fourth-order valence-electron chi connectivity index (χ4n) is 3.32. The molecule has 0 saturated heterocycles. The lowest BCUT2D eigenvalue weighted by Crippen LogP contribution is -2.20. The molecule has 6 heteroatoms. The fraction of sp³-hybridized carbons (Fsp3) is 0.238. The molecule has 4 rings (SSSR count). The van der Waals surface area contributed by atoms with Crippen molar-refractivity contribution in [2.75, 3.05) is 7.11 Å². The van der Waals surface area contributed by atoms with Gasteiger partial charge in [-0.15, -0.1) is 0 Å². The number of nitrogens with one attached hydrogen (secondary N) is 1. The van der Waals surface area contributed by atoms with E-state index >= 15 is 0 Å². The summed E-state index contributed by atoms with van der Waals surface area (Å²) in [5.74, 6) is 0.657. The standard InChI is InChI=1S/C21H20N4O2/c1-13-8-14(9-15-4-3-7-22-20(13)15)11-24-25-21(26)18-10-17(18)16-5-6-19(27-2)23-12-16/h3-9,11-12,17-18H,10H2,1-2H3,(H,25,26)/b24-11+/t17-,18+/m0/s1. The number of benzene rings is 1. The molecule has 3 aromatic rings. The number of pyridine rings is 2. The third-order valence-electron chi connectivity index (χ3n) is 4.83. The summed E-state index contributed by atoms with van der Waals surface area (Å²) < 4.78 is 5.06. The highest BCUT2D eigenvalue weighted by atomic mass is 16.5. The van der Waals surface area contributed by atoms with E-state index < -0.39 is 0 Å². The molecule has 2 aromatic heterocycles. The number of hydrazone groups is 1. The van der Waals surface area contributed by atoms with Crippen LogP contribution in [0.25, 0.3) is 10.9 Å². The number of rotatable bonds is 5. The van der Waals surface area contributed by atoms with Gasteiger partial charge in [-0.25, -0.2) is 10.4 Å². The number of carbonyl (C=O) groups is 1.